The highest BCUT2D eigenvalue weighted by molar-refractivity contribution is 5.43. The molecule has 0 radical (unpaired) electrons. The number of nitrogens with zero attached hydrogens (tertiary/aromatic N) is 4. The molecule has 0 aliphatic heterocycles. The Morgan fingerprint density at radius 2 is 2.14 bits per heavy atom. The molecule has 0 spiro atoms. The first kappa shape index (κ1) is 16.1. The lowest BCUT2D eigenvalue weighted by molar-refractivity contribution is 0.605. The average molecular weight is 303 g/mol. The molecule has 6 heteroatoms. The van der Waals surface area contributed by atoms with Crippen molar-refractivity contribution in [3.05, 3.63) is 42.1 Å². The van der Waals surface area contributed by atoms with E-state index in [0.29, 0.717) is 5.95 Å². The summed E-state index contributed by atoms with van der Waals surface area (Å²) in [4.78, 5) is 14.1. The van der Waals surface area contributed by atoms with Crippen molar-refractivity contribution < 1.29 is 4.39 Å². The molecule has 22 heavy (non-hydrogen) atoms. The summed E-state index contributed by atoms with van der Waals surface area (Å²) in [5.41, 5.74) is 1.08. The van der Waals surface area contributed by atoms with Crippen LogP contribution in [0.2, 0.25) is 0 Å². The molecule has 2 heterocycles. The predicted octanol–water partition coefficient (Wildman–Crippen LogP) is 3.42. The van der Waals surface area contributed by atoms with Crippen molar-refractivity contribution in [3.63, 3.8) is 0 Å². The zero-order valence-electron chi connectivity index (χ0n) is 13.3. The van der Waals surface area contributed by atoms with Gasteiger partial charge in [-0.1, -0.05) is 25.8 Å². The Morgan fingerprint density at radius 3 is 2.77 bits per heavy atom. The van der Waals surface area contributed by atoms with Crippen LogP contribution in [0.1, 0.15) is 37.8 Å². The molecule has 0 saturated heterocycles. The maximum absolute atomic E-state index is 13.7. The molecule has 1 atom stereocenters. The quantitative estimate of drug-likeness (QED) is 0.849. The maximum Gasteiger partial charge on any atom is 0.225 e. The van der Waals surface area contributed by atoms with Crippen molar-refractivity contribution in [1.29, 1.82) is 0 Å². The molecule has 0 fully saturated rings. The molecule has 0 saturated carbocycles. The van der Waals surface area contributed by atoms with E-state index in [4.69, 9.17) is 0 Å². The van der Waals surface area contributed by atoms with Crippen molar-refractivity contribution in [2.45, 2.75) is 32.2 Å². The Bertz CT molecular complexity index is 588. The van der Waals surface area contributed by atoms with Gasteiger partial charge in [-0.05, 0) is 18.1 Å². The highest BCUT2D eigenvalue weighted by Gasteiger charge is 2.15. The van der Waals surface area contributed by atoms with Gasteiger partial charge in [-0.25, -0.2) is 9.37 Å². The number of rotatable bonds is 7. The van der Waals surface area contributed by atoms with Gasteiger partial charge in [0.15, 0.2) is 11.6 Å². The number of hydrogen-bond donors (Lipinski definition) is 1. The van der Waals surface area contributed by atoms with E-state index < -0.39 is 5.82 Å². The fourth-order valence-electron chi connectivity index (χ4n) is 2.21. The van der Waals surface area contributed by atoms with Crippen LogP contribution in [-0.2, 0) is 0 Å². The molecule has 0 aliphatic carbocycles. The van der Waals surface area contributed by atoms with Gasteiger partial charge in [0.2, 0.25) is 5.95 Å². The molecule has 5 nitrogen and oxygen atoms in total. The van der Waals surface area contributed by atoms with Crippen LogP contribution in [-0.4, -0.2) is 29.0 Å². The monoisotopic (exact) mass is 303 g/mol. The van der Waals surface area contributed by atoms with Gasteiger partial charge in [0.25, 0.3) is 0 Å². The Morgan fingerprint density at radius 1 is 1.32 bits per heavy atom. The van der Waals surface area contributed by atoms with Crippen molar-refractivity contribution in [2.75, 3.05) is 24.3 Å². The van der Waals surface area contributed by atoms with Crippen molar-refractivity contribution >= 4 is 11.8 Å². The summed E-state index contributed by atoms with van der Waals surface area (Å²) in [7, 11) is 3.51. The molecule has 0 aliphatic rings. The summed E-state index contributed by atoms with van der Waals surface area (Å²) in [6.07, 6.45) is 7.91. The summed E-state index contributed by atoms with van der Waals surface area (Å²) >= 11 is 0. The lowest BCUT2D eigenvalue weighted by Crippen LogP contribution is -2.17. The van der Waals surface area contributed by atoms with Crippen LogP contribution in [0.5, 0.6) is 0 Å². The lowest BCUT2D eigenvalue weighted by Gasteiger charge is -2.20. The normalized spacial score (nSPS) is 12.0. The van der Waals surface area contributed by atoms with Crippen LogP contribution in [0.15, 0.2) is 30.7 Å². The van der Waals surface area contributed by atoms with Crippen LogP contribution in [0.3, 0.4) is 0 Å². The number of nitrogens with one attached hydrogen (secondary N) is 1. The lowest BCUT2D eigenvalue weighted by atomic mass is 10.0. The summed E-state index contributed by atoms with van der Waals surface area (Å²) in [6, 6.07) is 4.00. The van der Waals surface area contributed by atoms with Gasteiger partial charge in [-0.15, -0.1) is 0 Å². The third kappa shape index (κ3) is 4.13. The van der Waals surface area contributed by atoms with E-state index in [0.717, 1.165) is 24.8 Å². The van der Waals surface area contributed by atoms with Gasteiger partial charge in [0, 0.05) is 26.5 Å². The van der Waals surface area contributed by atoms with Crippen molar-refractivity contribution in [1.82, 2.24) is 15.0 Å². The van der Waals surface area contributed by atoms with Gasteiger partial charge >= 0.3 is 0 Å². The minimum absolute atomic E-state index is 0.0640. The second-order valence-corrected chi connectivity index (χ2v) is 5.39. The highest BCUT2D eigenvalue weighted by Crippen LogP contribution is 2.23. The number of hydrogen-bond acceptors (Lipinski definition) is 5. The number of anilines is 2. The first-order valence-corrected chi connectivity index (χ1v) is 7.48. The van der Waals surface area contributed by atoms with Gasteiger partial charge in [-0.2, -0.15) is 4.98 Å². The third-order valence-corrected chi connectivity index (χ3v) is 3.39. The van der Waals surface area contributed by atoms with E-state index in [9.17, 15) is 4.39 Å². The van der Waals surface area contributed by atoms with Crippen LogP contribution in [0, 0.1) is 5.82 Å². The van der Waals surface area contributed by atoms with Crippen molar-refractivity contribution in [2.24, 2.45) is 0 Å². The largest absolute Gasteiger partial charge is 0.360 e. The predicted molar refractivity (Wildman–Crippen MR) is 86.4 cm³/mol. The zero-order chi connectivity index (χ0) is 15.9. The van der Waals surface area contributed by atoms with E-state index in [2.05, 4.69) is 27.2 Å². The smallest absolute Gasteiger partial charge is 0.225 e. The minimum Gasteiger partial charge on any atom is -0.360 e. The summed E-state index contributed by atoms with van der Waals surface area (Å²) in [6.45, 7) is 2.15. The Labute approximate surface area is 130 Å². The molecule has 2 rings (SSSR count). The molecule has 0 amide bonds. The first-order valence-electron chi connectivity index (χ1n) is 7.48. The second kappa shape index (κ2) is 7.68. The molecular weight excluding hydrogens is 281 g/mol. The van der Waals surface area contributed by atoms with Crippen molar-refractivity contribution in [3.8, 4) is 0 Å². The van der Waals surface area contributed by atoms with Gasteiger partial charge in [0.1, 0.15) is 0 Å². The number of pyridine rings is 1. The molecule has 118 valence electrons. The van der Waals surface area contributed by atoms with E-state index in [1.165, 1.54) is 6.20 Å². The zero-order valence-corrected chi connectivity index (χ0v) is 13.3. The van der Waals surface area contributed by atoms with E-state index in [1.807, 2.05) is 18.3 Å². The fourth-order valence-corrected chi connectivity index (χ4v) is 2.21. The Hall–Kier alpha value is -2.24. The van der Waals surface area contributed by atoms with E-state index >= 15 is 0 Å². The minimum atomic E-state index is -0.429. The first-order chi connectivity index (χ1) is 10.6. The molecule has 0 aromatic carbocycles. The van der Waals surface area contributed by atoms with Crippen LogP contribution in [0.25, 0.3) is 0 Å². The Kier molecular flexibility index (Phi) is 5.63. The fraction of sp³-hybridized carbons (Fsp3) is 0.438. The SMILES string of the molecule is CCCCC(Nc1ncc(F)c(N(C)C)n1)c1cccnc1. The maximum atomic E-state index is 13.7. The van der Waals surface area contributed by atoms with E-state index in [-0.39, 0.29) is 11.9 Å². The number of unbranched alkanes of at least 4 members (excludes halogenated alkanes) is 1. The summed E-state index contributed by atoms with van der Waals surface area (Å²) in [5, 5.41) is 3.30. The number of aromatic nitrogens is 3. The van der Waals surface area contributed by atoms with Crippen LogP contribution >= 0.6 is 0 Å². The molecule has 1 N–H and O–H groups in total. The topological polar surface area (TPSA) is 53.9 Å². The Balaban J connectivity index is 2.21. The van der Waals surface area contributed by atoms with Gasteiger partial charge in [-0.3, -0.25) is 4.98 Å². The van der Waals surface area contributed by atoms with Crippen LogP contribution < -0.4 is 10.2 Å². The molecule has 2 aromatic heterocycles. The molecule has 1 unspecified atom stereocenters. The average Bonchev–Trinajstić information content (AvgIpc) is 2.53. The second-order valence-electron chi connectivity index (χ2n) is 5.39. The van der Waals surface area contributed by atoms with Crippen LogP contribution in [0.4, 0.5) is 16.2 Å². The van der Waals surface area contributed by atoms with Gasteiger partial charge < -0.3 is 10.2 Å². The van der Waals surface area contributed by atoms with E-state index in [1.54, 1.807) is 25.2 Å². The summed E-state index contributed by atoms with van der Waals surface area (Å²) < 4.78 is 13.7. The molecular formula is C16H22FN5. The highest BCUT2D eigenvalue weighted by atomic mass is 19.1. The third-order valence-electron chi connectivity index (χ3n) is 3.39. The molecule has 0 bridgehead atoms. The van der Waals surface area contributed by atoms with Gasteiger partial charge in [0.05, 0.1) is 12.2 Å². The summed E-state index contributed by atoms with van der Waals surface area (Å²) in [5.74, 6) is 0.273. The molecule has 2 aromatic rings. The standard InChI is InChI=1S/C16H22FN5/c1-4-5-8-14(12-7-6-9-18-10-12)20-16-19-11-13(17)15(21-16)22(2)3/h6-7,9-11,14H,4-5,8H2,1-3H3,(H,19,20,21). The number of halogens is 1.